The zero-order valence-corrected chi connectivity index (χ0v) is 16.8. The smallest absolute Gasteiger partial charge is 0.335 e. The highest BCUT2D eigenvalue weighted by Crippen LogP contribution is 2.24. The molecule has 0 unspecified atom stereocenters. The van der Waals surface area contributed by atoms with Crippen LogP contribution in [0.4, 0.5) is 0 Å². The molecule has 3 rings (SSSR count). The molecule has 9 heteroatoms. The van der Waals surface area contributed by atoms with E-state index >= 15 is 0 Å². The Labute approximate surface area is 173 Å². The first-order valence-corrected chi connectivity index (χ1v) is 10.6. The second kappa shape index (κ2) is 8.83. The van der Waals surface area contributed by atoms with Crippen LogP contribution in [0, 0.1) is 0 Å². The minimum atomic E-state index is -3.96. The van der Waals surface area contributed by atoms with E-state index in [9.17, 15) is 18.0 Å². The van der Waals surface area contributed by atoms with Crippen LogP contribution in [-0.4, -0.2) is 35.3 Å². The Bertz CT molecular complexity index is 1260. The van der Waals surface area contributed by atoms with Gasteiger partial charge in [-0.1, -0.05) is 18.2 Å². The molecule has 4 N–H and O–H groups in total. The number of aryl methyl sites for hydroxylation is 1. The first-order valence-electron chi connectivity index (χ1n) is 9.17. The first kappa shape index (κ1) is 21.1. The molecule has 0 saturated heterocycles. The summed E-state index contributed by atoms with van der Waals surface area (Å²) in [5.74, 6) is -1.02. The lowest BCUT2D eigenvalue weighted by Gasteiger charge is -2.21. The minimum Gasteiger partial charge on any atom is -0.478 e. The van der Waals surface area contributed by atoms with Crippen LogP contribution in [0.2, 0.25) is 0 Å². The number of aromatic carboxylic acids is 1. The van der Waals surface area contributed by atoms with Crippen LogP contribution >= 0.6 is 0 Å². The number of rotatable bonds is 8. The van der Waals surface area contributed by atoms with Gasteiger partial charge < -0.3 is 15.8 Å². The fourth-order valence-corrected chi connectivity index (χ4v) is 4.77. The first-order chi connectivity index (χ1) is 14.3. The van der Waals surface area contributed by atoms with E-state index in [1.54, 1.807) is 30.3 Å². The maximum Gasteiger partial charge on any atom is 0.335 e. The van der Waals surface area contributed by atoms with Gasteiger partial charge in [0.1, 0.15) is 0 Å². The number of pyridine rings is 1. The Morgan fingerprint density at radius 2 is 1.90 bits per heavy atom. The van der Waals surface area contributed by atoms with Crippen molar-refractivity contribution in [2.75, 3.05) is 6.54 Å². The molecule has 0 bridgehead atoms. The van der Waals surface area contributed by atoms with Crippen LogP contribution in [0.25, 0.3) is 10.8 Å². The number of carboxylic acid groups (broad SMARTS) is 1. The molecule has 1 heterocycles. The van der Waals surface area contributed by atoms with E-state index in [1.807, 2.05) is 0 Å². The van der Waals surface area contributed by atoms with Crippen LogP contribution in [-0.2, 0) is 16.4 Å². The Kier molecular flexibility index (Phi) is 6.22. The quantitative estimate of drug-likeness (QED) is 0.505. The summed E-state index contributed by atoms with van der Waals surface area (Å²) in [6, 6.07) is 12.6. The highest BCUT2D eigenvalue weighted by atomic mass is 32.2. The van der Waals surface area contributed by atoms with Crippen LogP contribution in [0.3, 0.4) is 0 Å². The molecule has 0 atom stereocenters. The van der Waals surface area contributed by atoms with Crippen molar-refractivity contribution >= 4 is 26.8 Å². The van der Waals surface area contributed by atoms with Gasteiger partial charge in [0.25, 0.3) is 15.6 Å². The van der Waals surface area contributed by atoms with E-state index in [1.165, 1.54) is 30.6 Å². The zero-order chi connectivity index (χ0) is 21.7. The lowest BCUT2D eigenvalue weighted by Crippen LogP contribution is -2.28. The molecule has 8 nitrogen and oxygen atoms in total. The third-order valence-electron chi connectivity index (χ3n) is 4.63. The number of aromatic nitrogens is 1. The van der Waals surface area contributed by atoms with Crippen LogP contribution in [0.1, 0.15) is 22.3 Å². The Balaban J connectivity index is 1.86. The van der Waals surface area contributed by atoms with Gasteiger partial charge in [-0.2, -0.15) is 0 Å². The molecule has 156 valence electrons. The summed E-state index contributed by atoms with van der Waals surface area (Å²) in [7, 11) is -3.96. The number of hydrogen-bond acceptors (Lipinski definition) is 5. The summed E-state index contributed by atoms with van der Waals surface area (Å²) in [5, 5.41) is 9.70. The number of sulfonamides is 1. The van der Waals surface area contributed by atoms with Gasteiger partial charge in [-0.15, -0.1) is 0 Å². The van der Waals surface area contributed by atoms with Crippen molar-refractivity contribution < 1.29 is 18.3 Å². The van der Waals surface area contributed by atoms with Gasteiger partial charge in [0.05, 0.1) is 10.5 Å². The fourth-order valence-electron chi connectivity index (χ4n) is 3.21. The molecule has 30 heavy (non-hydrogen) atoms. The van der Waals surface area contributed by atoms with Gasteiger partial charge in [-0.25, -0.2) is 13.2 Å². The third kappa shape index (κ3) is 4.36. The van der Waals surface area contributed by atoms with E-state index in [-0.39, 0.29) is 27.9 Å². The van der Waals surface area contributed by atoms with Crippen molar-refractivity contribution in [1.29, 1.82) is 0 Å². The number of carboxylic acids is 1. The Morgan fingerprint density at radius 3 is 2.63 bits per heavy atom. The average molecular weight is 427 g/mol. The molecule has 0 radical (unpaired) electrons. The van der Waals surface area contributed by atoms with Gasteiger partial charge >= 0.3 is 5.97 Å². The van der Waals surface area contributed by atoms with E-state index in [0.717, 1.165) is 16.1 Å². The maximum atomic E-state index is 13.3. The van der Waals surface area contributed by atoms with E-state index < -0.39 is 16.0 Å². The van der Waals surface area contributed by atoms with E-state index in [4.69, 9.17) is 10.8 Å². The lowest BCUT2D eigenvalue weighted by atomic mass is 10.1. The Hall–Kier alpha value is -3.59. The van der Waals surface area contributed by atoms with Crippen molar-refractivity contribution in [2.24, 2.45) is 5.73 Å². The monoisotopic (exact) mass is 427 g/mol. The summed E-state index contributed by atoms with van der Waals surface area (Å²) in [4.78, 5) is 25.7. The summed E-state index contributed by atoms with van der Waals surface area (Å²) in [6.07, 6.45) is 4.75. The predicted molar refractivity (Wildman–Crippen MR) is 114 cm³/mol. The number of aromatic amines is 1. The van der Waals surface area contributed by atoms with Crippen molar-refractivity contribution in [3.8, 4) is 0 Å². The van der Waals surface area contributed by atoms with Gasteiger partial charge in [0, 0.05) is 35.9 Å². The summed E-state index contributed by atoms with van der Waals surface area (Å²) in [5.41, 5.74) is 6.07. The molecule has 0 amide bonds. The molecule has 3 aromatic rings. The van der Waals surface area contributed by atoms with E-state index in [0.29, 0.717) is 18.2 Å². The molecular weight excluding hydrogens is 406 g/mol. The number of nitrogens with two attached hydrogens (primary N) is 1. The largest absolute Gasteiger partial charge is 0.478 e. The number of H-pyrrole nitrogens is 1. The van der Waals surface area contributed by atoms with Gasteiger partial charge in [-0.3, -0.25) is 9.10 Å². The highest BCUT2D eigenvalue weighted by Gasteiger charge is 2.24. The Morgan fingerprint density at radius 1 is 1.13 bits per heavy atom. The fraction of sp³-hybridized carbons (Fsp3) is 0.143. The summed E-state index contributed by atoms with van der Waals surface area (Å²) in [6.45, 7) is 0.132. The van der Waals surface area contributed by atoms with Gasteiger partial charge in [0.2, 0.25) is 0 Å². The number of carbonyl (C=O) groups is 1. The van der Waals surface area contributed by atoms with Crippen molar-refractivity contribution in [3.63, 3.8) is 0 Å². The van der Waals surface area contributed by atoms with Crippen molar-refractivity contribution in [2.45, 2.75) is 17.7 Å². The van der Waals surface area contributed by atoms with Crippen LogP contribution in [0.5, 0.6) is 0 Å². The van der Waals surface area contributed by atoms with Crippen LogP contribution < -0.4 is 11.3 Å². The molecule has 0 spiro atoms. The number of hydrogen-bond donors (Lipinski definition) is 3. The molecular formula is C21H21N3O5S. The van der Waals surface area contributed by atoms with Crippen molar-refractivity contribution in [3.05, 3.63) is 88.6 Å². The maximum absolute atomic E-state index is 13.3. The van der Waals surface area contributed by atoms with Crippen LogP contribution in [0.15, 0.2) is 76.8 Å². The van der Waals surface area contributed by atoms with Gasteiger partial charge in [-0.05, 0) is 48.7 Å². The number of nitrogens with one attached hydrogen (secondary N) is 1. The van der Waals surface area contributed by atoms with E-state index in [2.05, 4.69) is 4.98 Å². The SMILES string of the molecule is NC=CN(CCCc1cccc(C(=O)O)c1)S(=O)(=O)c1cccc2c(=O)[nH]ccc12. The molecule has 0 aliphatic carbocycles. The second-order valence-corrected chi connectivity index (χ2v) is 8.45. The third-order valence-corrected chi connectivity index (χ3v) is 6.47. The normalized spacial score (nSPS) is 11.7. The molecule has 2 aromatic carbocycles. The topological polar surface area (TPSA) is 134 Å². The highest BCUT2D eigenvalue weighted by molar-refractivity contribution is 7.89. The summed E-state index contributed by atoms with van der Waals surface area (Å²) >= 11 is 0. The second-order valence-electron chi connectivity index (χ2n) is 6.59. The molecule has 0 aliphatic rings. The lowest BCUT2D eigenvalue weighted by molar-refractivity contribution is 0.0696. The molecule has 0 aliphatic heterocycles. The minimum absolute atomic E-state index is 0.0112. The van der Waals surface area contributed by atoms with Gasteiger partial charge in [0.15, 0.2) is 0 Å². The number of benzene rings is 2. The average Bonchev–Trinajstić information content (AvgIpc) is 2.73. The number of fused-ring (bicyclic) bond motifs is 1. The summed E-state index contributed by atoms with van der Waals surface area (Å²) < 4.78 is 27.7. The molecule has 0 fully saturated rings. The zero-order valence-electron chi connectivity index (χ0n) is 16.0. The standard InChI is InChI=1S/C21H21N3O5S/c22-10-13-24(12-3-5-15-4-1-6-16(14-15)21(26)27)30(28,29)19-8-2-7-18-17(19)9-11-23-20(18)25/h1-2,4,6-11,13-14H,3,5,12,22H2,(H,23,25)(H,26,27). The number of nitrogens with zero attached hydrogens (tertiary/aromatic N) is 1. The molecule has 0 saturated carbocycles. The molecule has 1 aromatic heterocycles. The van der Waals surface area contributed by atoms with Crippen molar-refractivity contribution in [1.82, 2.24) is 9.29 Å². The predicted octanol–water partition coefficient (Wildman–Crippen LogP) is 2.28.